The number of aryl methyl sites for hydroxylation is 2. The number of hydrogen-bond acceptors (Lipinski definition) is 5. The predicted octanol–water partition coefficient (Wildman–Crippen LogP) is 5.77. The topological polar surface area (TPSA) is 64.0 Å². The number of nitrogens with zero attached hydrogens (tertiary/aromatic N) is 2. The van der Waals surface area contributed by atoms with Crippen LogP contribution >= 0.6 is 34.7 Å². The molecule has 31 heavy (non-hydrogen) atoms. The number of carbonyl (C=O) groups is 1. The van der Waals surface area contributed by atoms with E-state index in [1.807, 2.05) is 12.1 Å². The van der Waals surface area contributed by atoms with E-state index in [1.54, 1.807) is 28.0 Å². The molecular weight excluding hydrogens is 450 g/mol. The van der Waals surface area contributed by atoms with Crippen LogP contribution in [0.25, 0.3) is 10.2 Å². The second-order valence-electron chi connectivity index (χ2n) is 8.24. The Kier molecular flexibility index (Phi) is 7.04. The highest BCUT2D eigenvalue weighted by Gasteiger charge is 2.22. The third kappa shape index (κ3) is 4.99. The Bertz CT molecular complexity index is 1170. The molecule has 0 fully saturated rings. The molecule has 1 aliphatic carbocycles. The second-order valence-corrected chi connectivity index (χ2v) is 10.7. The molecule has 2 heterocycles. The van der Waals surface area contributed by atoms with Crippen molar-refractivity contribution in [2.75, 3.05) is 11.1 Å². The molecule has 0 saturated heterocycles. The van der Waals surface area contributed by atoms with Crippen molar-refractivity contribution in [1.29, 1.82) is 0 Å². The number of hydrogen-bond donors (Lipinski definition) is 1. The summed E-state index contributed by atoms with van der Waals surface area (Å²) in [6, 6.07) is 7.15. The minimum absolute atomic E-state index is 0.0408. The number of carbonyl (C=O) groups excluding carboxylic acids is 1. The van der Waals surface area contributed by atoms with Gasteiger partial charge in [0.2, 0.25) is 5.91 Å². The van der Waals surface area contributed by atoms with Crippen LogP contribution in [-0.4, -0.2) is 21.2 Å². The van der Waals surface area contributed by atoms with E-state index in [1.165, 1.54) is 28.6 Å². The summed E-state index contributed by atoms with van der Waals surface area (Å²) < 4.78 is 1.78. The number of halogens is 1. The third-order valence-electron chi connectivity index (χ3n) is 5.45. The van der Waals surface area contributed by atoms with Crippen molar-refractivity contribution >= 4 is 56.5 Å². The summed E-state index contributed by atoms with van der Waals surface area (Å²) in [5.74, 6) is 0.462. The fourth-order valence-electron chi connectivity index (χ4n) is 3.79. The van der Waals surface area contributed by atoms with Crippen molar-refractivity contribution in [2.45, 2.75) is 57.7 Å². The van der Waals surface area contributed by atoms with Crippen molar-refractivity contribution in [1.82, 2.24) is 9.55 Å². The summed E-state index contributed by atoms with van der Waals surface area (Å²) in [6.07, 6.45) is 5.18. The highest BCUT2D eigenvalue weighted by Crippen LogP contribution is 2.35. The molecule has 5 nitrogen and oxygen atoms in total. The van der Waals surface area contributed by atoms with Gasteiger partial charge in [-0.3, -0.25) is 14.2 Å². The Labute approximate surface area is 195 Å². The fraction of sp³-hybridized carbons (Fsp3) is 0.435. The van der Waals surface area contributed by atoms with Crippen LogP contribution in [0.2, 0.25) is 5.02 Å². The summed E-state index contributed by atoms with van der Waals surface area (Å²) in [5, 5.41) is 4.75. The van der Waals surface area contributed by atoms with Crippen molar-refractivity contribution in [3.63, 3.8) is 0 Å². The minimum Gasteiger partial charge on any atom is -0.324 e. The van der Waals surface area contributed by atoms with Gasteiger partial charge in [-0.05, 0) is 55.7 Å². The molecule has 1 aromatic carbocycles. The zero-order valence-electron chi connectivity index (χ0n) is 17.7. The molecular formula is C23H26ClN3O2S2. The number of thioether (sulfide) groups is 1. The molecule has 0 atom stereocenters. The molecule has 0 aliphatic heterocycles. The number of benzene rings is 1. The van der Waals surface area contributed by atoms with E-state index in [2.05, 4.69) is 19.2 Å². The molecule has 1 amide bonds. The van der Waals surface area contributed by atoms with Gasteiger partial charge in [0.1, 0.15) is 4.83 Å². The maximum atomic E-state index is 13.5. The molecule has 1 N–H and O–H groups in total. The van der Waals surface area contributed by atoms with Crippen molar-refractivity contribution in [2.24, 2.45) is 5.92 Å². The fourth-order valence-corrected chi connectivity index (χ4v) is 6.10. The first-order chi connectivity index (χ1) is 14.9. The Morgan fingerprint density at radius 3 is 2.84 bits per heavy atom. The van der Waals surface area contributed by atoms with Gasteiger partial charge in [0.05, 0.1) is 21.8 Å². The largest absolute Gasteiger partial charge is 0.324 e. The molecule has 0 bridgehead atoms. The van der Waals surface area contributed by atoms with Gasteiger partial charge in [-0.2, -0.15) is 0 Å². The van der Waals surface area contributed by atoms with Crippen LogP contribution in [0.5, 0.6) is 0 Å². The molecule has 2 aromatic heterocycles. The molecule has 0 unspecified atom stereocenters. The lowest BCUT2D eigenvalue weighted by Crippen LogP contribution is -2.25. The van der Waals surface area contributed by atoms with Crippen LogP contribution in [0, 0.1) is 5.92 Å². The molecule has 8 heteroatoms. The molecule has 4 rings (SSSR count). The van der Waals surface area contributed by atoms with Gasteiger partial charge in [0.15, 0.2) is 5.16 Å². The van der Waals surface area contributed by atoms with Crippen molar-refractivity contribution in [3.05, 3.63) is 50.1 Å². The molecule has 164 valence electrons. The van der Waals surface area contributed by atoms with Crippen LogP contribution in [-0.2, 0) is 24.2 Å². The summed E-state index contributed by atoms with van der Waals surface area (Å²) in [6.45, 7) is 4.90. The number of para-hydroxylation sites is 1. The Morgan fingerprint density at radius 1 is 1.29 bits per heavy atom. The third-order valence-corrected chi connectivity index (χ3v) is 7.94. The quantitative estimate of drug-likeness (QED) is 0.348. The van der Waals surface area contributed by atoms with E-state index in [4.69, 9.17) is 16.6 Å². The van der Waals surface area contributed by atoms with E-state index in [-0.39, 0.29) is 17.2 Å². The van der Waals surface area contributed by atoms with Crippen LogP contribution in [0.15, 0.2) is 34.2 Å². The molecule has 1 aliphatic rings. The molecule has 3 aromatic rings. The molecule has 0 spiro atoms. The maximum absolute atomic E-state index is 13.5. The smallest absolute Gasteiger partial charge is 0.263 e. The average molecular weight is 476 g/mol. The van der Waals surface area contributed by atoms with Crippen LogP contribution in [0.4, 0.5) is 5.69 Å². The lowest BCUT2D eigenvalue weighted by molar-refractivity contribution is -0.113. The van der Waals surface area contributed by atoms with Crippen molar-refractivity contribution < 1.29 is 4.79 Å². The zero-order valence-corrected chi connectivity index (χ0v) is 20.1. The Hall–Kier alpha value is -1.83. The number of aromatic nitrogens is 2. The predicted molar refractivity (Wildman–Crippen MR) is 131 cm³/mol. The summed E-state index contributed by atoms with van der Waals surface area (Å²) in [4.78, 5) is 33.0. The standard InChI is InChI=1S/C23H26ClN3O2S2/c1-14(2)11-12-27-22(29)20-15-7-3-6-10-18(15)31-21(20)26-23(27)30-13-19(28)25-17-9-5-4-8-16(17)24/h4-5,8-9,14H,3,6-7,10-13H2,1-2H3,(H,25,28). The van der Waals surface area contributed by atoms with Crippen LogP contribution in [0.1, 0.15) is 43.6 Å². The first kappa shape index (κ1) is 22.4. The van der Waals surface area contributed by atoms with Gasteiger partial charge in [-0.15, -0.1) is 11.3 Å². The van der Waals surface area contributed by atoms with Gasteiger partial charge >= 0.3 is 0 Å². The first-order valence-corrected chi connectivity index (χ1v) is 12.8. The number of anilines is 1. The van der Waals surface area contributed by atoms with E-state index >= 15 is 0 Å². The second kappa shape index (κ2) is 9.76. The SMILES string of the molecule is CC(C)CCn1c(SCC(=O)Nc2ccccc2Cl)nc2sc3c(c2c1=O)CCCC3. The summed E-state index contributed by atoms with van der Waals surface area (Å²) in [7, 11) is 0. The Morgan fingerprint density at radius 2 is 2.06 bits per heavy atom. The minimum atomic E-state index is -0.173. The van der Waals surface area contributed by atoms with Gasteiger partial charge in [0, 0.05) is 11.4 Å². The number of thiophene rings is 1. The van der Waals surface area contributed by atoms with Crippen LogP contribution in [0.3, 0.4) is 0 Å². The highest BCUT2D eigenvalue weighted by atomic mass is 35.5. The summed E-state index contributed by atoms with van der Waals surface area (Å²) in [5.41, 5.74) is 1.83. The van der Waals surface area contributed by atoms with E-state index in [9.17, 15) is 9.59 Å². The Balaban J connectivity index is 1.62. The lowest BCUT2D eigenvalue weighted by Gasteiger charge is -2.14. The maximum Gasteiger partial charge on any atom is 0.263 e. The number of fused-ring (bicyclic) bond motifs is 3. The monoisotopic (exact) mass is 475 g/mol. The average Bonchev–Trinajstić information content (AvgIpc) is 3.11. The zero-order chi connectivity index (χ0) is 22.0. The van der Waals surface area contributed by atoms with Crippen LogP contribution < -0.4 is 10.9 Å². The normalized spacial score (nSPS) is 13.5. The highest BCUT2D eigenvalue weighted by molar-refractivity contribution is 7.99. The first-order valence-electron chi connectivity index (χ1n) is 10.7. The number of amides is 1. The molecule has 0 saturated carbocycles. The number of rotatable bonds is 7. The van der Waals surface area contributed by atoms with E-state index in [0.717, 1.165) is 35.9 Å². The summed E-state index contributed by atoms with van der Waals surface area (Å²) >= 11 is 9.09. The van der Waals surface area contributed by atoms with Gasteiger partial charge in [0.25, 0.3) is 5.56 Å². The number of nitrogens with one attached hydrogen (secondary N) is 1. The van der Waals surface area contributed by atoms with E-state index < -0.39 is 0 Å². The van der Waals surface area contributed by atoms with Gasteiger partial charge in [-0.25, -0.2) is 4.98 Å². The van der Waals surface area contributed by atoms with Gasteiger partial charge in [-0.1, -0.05) is 49.3 Å². The lowest BCUT2D eigenvalue weighted by atomic mass is 9.97. The van der Waals surface area contributed by atoms with Gasteiger partial charge < -0.3 is 5.32 Å². The molecule has 0 radical (unpaired) electrons. The van der Waals surface area contributed by atoms with E-state index in [0.29, 0.717) is 28.3 Å². The van der Waals surface area contributed by atoms with Crippen molar-refractivity contribution in [3.8, 4) is 0 Å².